The van der Waals surface area contributed by atoms with Gasteiger partial charge in [0, 0.05) is 0 Å². The zero-order valence-electron chi connectivity index (χ0n) is 10.7. The molecule has 0 fully saturated rings. The fourth-order valence-corrected chi connectivity index (χ4v) is 2.21. The van der Waals surface area contributed by atoms with Crippen LogP contribution in [0.2, 0.25) is 0 Å². The summed E-state index contributed by atoms with van der Waals surface area (Å²) in [6.07, 6.45) is 0.583. The van der Waals surface area contributed by atoms with Crippen LogP contribution in [0.3, 0.4) is 0 Å². The molecule has 1 unspecified atom stereocenters. The summed E-state index contributed by atoms with van der Waals surface area (Å²) in [6, 6.07) is 9.04. The maximum absolute atomic E-state index is 10.6. The number of nitrogens with zero attached hydrogens (tertiary/aromatic N) is 1. The van der Waals surface area contributed by atoms with Gasteiger partial charge in [0.25, 0.3) is 0 Å². The molecule has 4 nitrogen and oxygen atoms in total. The Bertz CT molecular complexity index is 606. The average Bonchev–Trinajstić information content (AvgIpc) is 2.83. The molecule has 100 valence electrons. The normalized spacial score (nSPS) is 12.4. The van der Waals surface area contributed by atoms with E-state index in [0.717, 1.165) is 16.7 Å². The van der Waals surface area contributed by atoms with E-state index in [4.69, 9.17) is 16.0 Å². The van der Waals surface area contributed by atoms with Crippen molar-refractivity contribution in [3.8, 4) is 0 Å². The Kier molecular flexibility index (Phi) is 3.90. The second-order valence-corrected chi connectivity index (χ2v) is 5.06. The fraction of sp³-hybridized carbons (Fsp3) is 0.286. The Labute approximate surface area is 116 Å². The third kappa shape index (κ3) is 3.15. The van der Waals surface area contributed by atoms with Crippen molar-refractivity contribution >= 4 is 17.5 Å². The predicted octanol–water partition coefficient (Wildman–Crippen LogP) is 4.33. The van der Waals surface area contributed by atoms with E-state index >= 15 is 0 Å². The van der Waals surface area contributed by atoms with Crippen LogP contribution in [-0.4, -0.2) is 4.92 Å². The Balaban J connectivity index is 2.17. The van der Waals surface area contributed by atoms with E-state index in [9.17, 15) is 10.1 Å². The van der Waals surface area contributed by atoms with E-state index in [0.29, 0.717) is 12.2 Å². The van der Waals surface area contributed by atoms with Gasteiger partial charge < -0.3 is 4.42 Å². The van der Waals surface area contributed by atoms with E-state index in [2.05, 4.69) is 6.07 Å². The van der Waals surface area contributed by atoms with Gasteiger partial charge in [0.2, 0.25) is 0 Å². The first-order valence-electron chi connectivity index (χ1n) is 5.91. The first-order chi connectivity index (χ1) is 8.97. The summed E-state index contributed by atoms with van der Waals surface area (Å²) in [4.78, 5) is 10.00. The Morgan fingerprint density at radius 1 is 1.32 bits per heavy atom. The zero-order valence-corrected chi connectivity index (χ0v) is 11.5. The molecule has 0 radical (unpaired) electrons. The van der Waals surface area contributed by atoms with E-state index in [1.54, 1.807) is 6.07 Å². The van der Waals surface area contributed by atoms with Gasteiger partial charge in [0.15, 0.2) is 0 Å². The molecule has 1 aromatic carbocycles. The maximum atomic E-state index is 10.6. The molecule has 0 aliphatic rings. The molecule has 0 amide bonds. The molecule has 1 atom stereocenters. The Morgan fingerprint density at radius 3 is 2.68 bits per heavy atom. The minimum atomic E-state index is -0.564. The van der Waals surface area contributed by atoms with Crippen LogP contribution in [0.25, 0.3) is 0 Å². The lowest BCUT2D eigenvalue weighted by Crippen LogP contribution is -1.97. The van der Waals surface area contributed by atoms with Crippen molar-refractivity contribution in [1.29, 1.82) is 0 Å². The molecule has 0 saturated heterocycles. The summed E-state index contributed by atoms with van der Waals surface area (Å²) < 4.78 is 5.12. The van der Waals surface area contributed by atoms with Crippen molar-refractivity contribution in [2.45, 2.75) is 25.6 Å². The molecular formula is C14H14ClNO3. The molecule has 0 aliphatic carbocycles. The third-order valence-corrected chi connectivity index (χ3v) is 3.37. The van der Waals surface area contributed by atoms with E-state index in [1.165, 1.54) is 6.07 Å². The smallest absolute Gasteiger partial charge is 0.404 e. The van der Waals surface area contributed by atoms with Crippen LogP contribution in [-0.2, 0) is 6.42 Å². The van der Waals surface area contributed by atoms with Crippen molar-refractivity contribution < 1.29 is 9.34 Å². The average molecular weight is 280 g/mol. The minimum absolute atomic E-state index is 0.276. The van der Waals surface area contributed by atoms with Crippen molar-refractivity contribution in [3.05, 3.63) is 62.9 Å². The summed E-state index contributed by atoms with van der Waals surface area (Å²) in [6.45, 7) is 4.03. The molecule has 0 bridgehead atoms. The van der Waals surface area contributed by atoms with Crippen LogP contribution in [0, 0.1) is 24.0 Å². The molecule has 2 aromatic rings. The van der Waals surface area contributed by atoms with Crippen LogP contribution in [0.4, 0.5) is 5.88 Å². The molecule has 5 heteroatoms. The maximum Gasteiger partial charge on any atom is 0.433 e. The van der Waals surface area contributed by atoms with Gasteiger partial charge >= 0.3 is 5.88 Å². The van der Waals surface area contributed by atoms with Crippen molar-refractivity contribution in [1.82, 2.24) is 0 Å². The quantitative estimate of drug-likeness (QED) is 0.475. The predicted molar refractivity (Wildman–Crippen MR) is 73.6 cm³/mol. The van der Waals surface area contributed by atoms with Gasteiger partial charge in [-0.1, -0.05) is 23.8 Å². The topological polar surface area (TPSA) is 56.3 Å². The Morgan fingerprint density at radius 2 is 2.05 bits per heavy atom. The lowest BCUT2D eigenvalue weighted by atomic mass is 10.0. The number of furan rings is 1. The van der Waals surface area contributed by atoms with Gasteiger partial charge in [-0.25, -0.2) is 0 Å². The number of aryl methyl sites for hydroxylation is 2. The summed E-state index contributed by atoms with van der Waals surface area (Å²) in [5.41, 5.74) is 3.44. The number of halogens is 1. The number of rotatable bonds is 4. The van der Waals surface area contributed by atoms with Gasteiger partial charge in [-0.15, -0.1) is 11.6 Å². The number of alkyl halides is 1. The van der Waals surface area contributed by atoms with Gasteiger partial charge in [0.05, 0.1) is 11.4 Å². The number of hydrogen-bond acceptors (Lipinski definition) is 3. The second-order valence-electron chi connectivity index (χ2n) is 4.53. The lowest BCUT2D eigenvalue weighted by molar-refractivity contribution is -0.402. The molecule has 1 heterocycles. The molecule has 0 spiro atoms. The molecule has 1 aromatic heterocycles. The van der Waals surface area contributed by atoms with Crippen LogP contribution in [0.1, 0.15) is 27.8 Å². The SMILES string of the molecule is Cc1ccc(C)c(CC(Cl)c2ccc([N+](=O)[O-])o2)c1. The summed E-state index contributed by atoms with van der Waals surface area (Å²) in [7, 11) is 0. The highest BCUT2D eigenvalue weighted by Crippen LogP contribution is 2.30. The molecule has 19 heavy (non-hydrogen) atoms. The molecule has 0 N–H and O–H groups in total. The van der Waals surface area contributed by atoms with Gasteiger partial charge in [-0.2, -0.15) is 0 Å². The van der Waals surface area contributed by atoms with E-state index < -0.39 is 10.3 Å². The third-order valence-electron chi connectivity index (χ3n) is 3.01. The second kappa shape index (κ2) is 5.45. The molecule has 2 rings (SSSR count). The van der Waals surface area contributed by atoms with Gasteiger partial charge in [-0.05, 0) is 37.5 Å². The van der Waals surface area contributed by atoms with Crippen LogP contribution in [0.5, 0.6) is 0 Å². The molecule has 0 saturated carbocycles. The van der Waals surface area contributed by atoms with Crippen LogP contribution < -0.4 is 0 Å². The van der Waals surface area contributed by atoms with E-state index in [1.807, 2.05) is 26.0 Å². The number of benzene rings is 1. The molecular weight excluding hydrogens is 266 g/mol. The highest BCUT2D eigenvalue weighted by Gasteiger charge is 2.18. The highest BCUT2D eigenvalue weighted by molar-refractivity contribution is 6.20. The number of nitro groups is 1. The summed E-state index contributed by atoms with van der Waals surface area (Å²) in [5.74, 6) is 0.149. The van der Waals surface area contributed by atoms with Crippen molar-refractivity contribution in [2.24, 2.45) is 0 Å². The lowest BCUT2D eigenvalue weighted by Gasteiger charge is -2.10. The van der Waals surface area contributed by atoms with Gasteiger partial charge in [0.1, 0.15) is 10.7 Å². The monoisotopic (exact) mass is 279 g/mol. The van der Waals surface area contributed by atoms with Crippen molar-refractivity contribution in [2.75, 3.05) is 0 Å². The standard InChI is InChI=1S/C14H14ClNO3/c1-9-3-4-10(2)11(7-9)8-12(15)13-5-6-14(19-13)16(17)18/h3-7,12H,8H2,1-2H3. The molecule has 0 aliphatic heterocycles. The highest BCUT2D eigenvalue weighted by atomic mass is 35.5. The zero-order chi connectivity index (χ0) is 14.0. The van der Waals surface area contributed by atoms with Gasteiger partial charge in [-0.3, -0.25) is 10.1 Å². The first kappa shape index (κ1) is 13.6. The summed E-state index contributed by atoms with van der Waals surface area (Å²) >= 11 is 6.27. The number of hydrogen-bond donors (Lipinski definition) is 0. The van der Waals surface area contributed by atoms with Crippen LogP contribution >= 0.6 is 11.6 Å². The fourth-order valence-electron chi connectivity index (χ4n) is 1.92. The van der Waals surface area contributed by atoms with E-state index in [-0.39, 0.29) is 5.88 Å². The Hall–Kier alpha value is -1.81. The first-order valence-corrected chi connectivity index (χ1v) is 6.35. The minimum Gasteiger partial charge on any atom is -0.404 e. The largest absolute Gasteiger partial charge is 0.433 e. The summed E-state index contributed by atoms with van der Waals surface area (Å²) in [5, 5.41) is 10.2. The van der Waals surface area contributed by atoms with Crippen molar-refractivity contribution in [3.63, 3.8) is 0 Å². The van der Waals surface area contributed by atoms with Crippen LogP contribution in [0.15, 0.2) is 34.7 Å².